The van der Waals surface area contributed by atoms with Crippen LogP contribution in [0.15, 0.2) is 54.7 Å². The molecule has 0 aliphatic carbocycles. The van der Waals surface area contributed by atoms with Crippen LogP contribution in [0, 0.1) is 5.82 Å². The van der Waals surface area contributed by atoms with Crippen molar-refractivity contribution in [3.05, 3.63) is 88.3 Å². The Morgan fingerprint density at radius 3 is 2.63 bits per heavy atom. The van der Waals surface area contributed by atoms with Crippen LogP contribution in [0.1, 0.15) is 54.3 Å². The average Bonchev–Trinajstić information content (AvgIpc) is 3.36. The summed E-state index contributed by atoms with van der Waals surface area (Å²) in [7, 11) is 0. The van der Waals surface area contributed by atoms with E-state index in [9.17, 15) is 27.5 Å². The number of nitrogens with zero attached hydrogens (tertiary/aromatic N) is 3. The van der Waals surface area contributed by atoms with E-state index >= 15 is 0 Å². The Morgan fingerprint density at radius 1 is 1.12 bits per heavy atom. The van der Waals surface area contributed by atoms with Crippen LogP contribution in [0.4, 0.5) is 23.4 Å². The number of aliphatic hydroxyl groups is 1. The monoisotopic (exact) mass is 591 g/mol. The number of benzene rings is 2. The van der Waals surface area contributed by atoms with E-state index < -0.39 is 29.1 Å². The first kappa shape index (κ1) is 29.9. The van der Waals surface area contributed by atoms with E-state index in [-0.39, 0.29) is 29.5 Å². The molecule has 0 unspecified atom stereocenters. The van der Waals surface area contributed by atoms with Gasteiger partial charge in [0.25, 0.3) is 5.91 Å². The molecular weight excluding hydrogens is 566 g/mol. The molecular formula is C28H26ClF4N5O3. The summed E-state index contributed by atoms with van der Waals surface area (Å²) in [6.45, 7) is 3.88. The Hall–Kier alpha value is -4.03. The molecule has 2 aromatic carbocycles. The second-order valence-electron chi connectivity index (χ2n) is 9.88. The summed E-state index contributed by atoms with van der Waals surface area (Å²) in [6, 6.07) is 11.1. The Morgan fingerprint density at radius 2 is 1.90 bits per heavy atom. The van der Waals surface area contributed by atoms with Gasteiger partial charge in [0.1, 0.15) is 23.2 Å². The number of hydrogen-bond acceptors (Lipinski definition) is 6. The Labute approximate surface area is 237 Å². The molecule has 0 aliphatic heterocycles. The van der Waals surface area contributed by atoms with Crippen LogP contribution in [0.25, 0.3) is 11.1 Å². The lowest BCUT2D eigenvalue weighted by Crippen LogP contribution is -2.19. The molecule has 4 rings (SSSR count). The van der Waals surface area contributed by atoms with E-state index in [0.717, 1.165) is 6.07 Å². The summed E-state index contributed by atoms with van der Waals surface area (Å²) < 4.78 is 58.4. The van der Waals surface area contributed by atoms with Gasteiger partial charge in [-0.2, -0.15) is 13.2 Å². The van der Waals surface area contributed by atoms with Crippen molar-refractivity contribution in [2.75, 3.05) is 11.9 Å². The van der Waals surface area contributed by atoms with Gasteiger partial charge in [-0.15, -0.1) is 5.10 Å². The highest BCUT2D eigenvalue weighted by Crippen LogP contribution is 2.33. The molecule has 0 spiro atoms. The Kier molecular flexibility index (Phi) is 8.93. The van der Waals surface area contributed by atoms with E-state index in [2.05, 4.69) is 25.5 Å². The molecule has 0 aliphatic rings. The van der Waals surface area contributed by atoms with Gasteiger partial charge in [-0.3, -0.25) is 9.89 Å². The topological polar surface area (TPSA) is 113 Å². The second kappa shape index (κ2) is 12.2. The molecule has 0 atom stereocenters. The lowest BCUT2D eigenvalue weighted by Gasteiger charge is -2.17. The minimum absolute atomic E-state index is 0.114. The fourth-order valence-electron chi connectivity index (χ4n) is 3.92. The normalized spacial score (nSPS) is 11.9. The van der Waals surface area contributed by atoms with Gasteiger partial charge >= 0.3 is 6.18 Å². The molecule has 4 aromatic rings. The number of pyridine rings is 1. The number of carbonyl (C=O) groups excluding carboxylic acids is 1. The summed E-state index contributed by atoms with van der Waals surface area (Å²) in [5, 5.41) is 19.2. The molecule has 3 N–H and O–H groups in total. The molecule has 0 radical (unpaired) electrons. The first-order valence-electron chi connectivity index (χ1n) is 12.5. The third-order valence-corrected chi connectivity index (χ3v) is 6.22. The number of aromatic amines is 1. The lowest BCUT2D eigenvalue weighted by atomic mass is 10.0. The first-order chi connectivity index (χ1) is 19.3. The number of alkyl halides is 3. The largest absolute Gasteiger partial charge is 0.494 e. The molecule has 2 heterocycles. The molecule has 216 valence electrons. The number of hydrogen-bond donors (Lipinski definition) is 3. The number of aromatic nitrogens is 4. The summed E-state index contributed by atoms with van der Waals surface area (Å²) in [5.41, 5.74) is -0.738. The fourth-order valence-corrected chi connectivity index (χ4v) is 4.14. The predicted molar refractivity (Wildman–Crippen MR) is 144 cm³/mol. The van der Waals surface area contributed by atoms with E-state index in [1.165, 1.54) is 12.3 Å². The number of nitrogens with one attached hydrogen (secondary N) is 2. The SMILES string of the molecule is CC(C)(O)CCCOc1ccc(Cl)c(-c2ccnc(NC(=O)c3n[nH]c(Cc4ccc(F)c(C(F)(F)F)c4)n3)c2)c1. The minimum atomic E-state index is -4.84. The van der Waals surface area contributed by atoms with Crippen molar-refractivity contribution in [1.29, 1.82) is 0 Å². The van der Waals surface area contributed by atoms with Gasteiger partial charge in [0.05, 0.1) is 17.8 Å². The van der Waals surface area contributed by atoms with Crippen LogP contribution < -0.4 is 10.1 Å². The van der Waals surface area contributed by atoms with Crippen LogP contribution in [0.5, 0.6) is 5.75 Å². The zero-order valence-electron chi connectivity index (χ0n) is 22.0. The number of rotatable bonds is 10. The maximum atomic E-state index is 13.6. The fraction of sp³-hybridized carbons (Fsp3) is 0.286. The third kappa shape index (κ3) is 8.24. The molecule has 0 saturated heterocycles. The van der Waals surface area contributed by atoms with Crippen LogP contribution in [0.3, 0.4) is 0 Å². The van der Waals surface area contributed by atoms with Gasteiger partial charge < -0.3 is 15.2 Å². The summed E-state index contributed by atoms with van der Waals surface area (Å²) in [6.07, 6.45) is -2.25. The first-order valence-corrected chi connectivity index (χ1v) is 12.9. The maximum absolute atomic E-state index is 13.6. The van der Waals surface area contributed by atoms with Gasteiger partial charge in [-0.1, -0.05) is 17.7 Å². The number of anilines is 1. The summed E-state index contributed by atoms with van der Waals surface area (Å²) >= 11 is 6.41. The quantitative estimate of drug-likeness (QED) is 0.144. The molecule has 8 nitrogen and oxygen atoms in total. The van der Waals surface area contributed by atoms with E-state index in [1.54, 1.807) is 44.2 Å². The number of carbonyl (C=O) groups is 1. The van der Waals surface area contributed by atoms with Crippen molar-refractivity contribution in [2.24, 2.45) is 0 Å². The molecule has 0 bridgehead atoms. The van der Waals surface area contributed by atoms with E-state index in [1.807, 2.05) is 0 Å². The number of halogens is 5. The van der Waals surface area contributed by atoms with Crippen LogP contribution in [0.2, 0.25) is 5.02 Å². The lowest BCUT2D eigenvalue weighted by molar-refractivity contribution is -0.140. The maximum Gasteiger partial charge on any atom is 0.419 e. The number of H-pyrrole nitrogens is 1. The smallest absolute Gasteiger partial charge is 0.419 e. The van der Waals surface area contributed by atoms with Crippen molar-refractivity contribution in [1.82, 2.24) is 20.2 Å². The van der Waals surface area contributed by atoms with Gasteiger partial charge in [-0.25, -0.2) is 14.4 Å². The standard InChI is InChI=1S/C28H26ClF4N5O3/c1-27(2,40)9-3-11-41-18-5-6-21(29)19(15-18)17-8-10-34-23(14-17)36-26(39)25-35-24(37-38-25)13-16-4-7-22(30)20(12-16)28(31,32)33/h4-8,10,12,14-15,40H,3,9,11,13H2,1-2H3,(H,34,36,39)(H,35,37,38). The van der Waals surface area contributed by atoms with E-state index in [0.29, 0.717) is 47.4 Å². The van der Waals surface area contributed by atoms with Crippen LogP contribution >= 0.6 is 11.6 Å². The third-order valence-electron chi connectivity index (χ3n) is 5.89. The summed E-state index contributed by atoms with van der Waals surface area (Å²) in [4.78, 5) is 20.9. The molecule has 0 saturated carbocycles. The van der Waals surface area contributed by atoms with Crippen LogP contribution in [-0.4, -0.2) is 43.4 Å². The number of ether oxygens (including phenoxy) is 1. The Balaban J connectivity index is 1.43. The molecule has 0 fully saturated rings. The highest BCUT2D eigenvalue weighted by molar-refractivity contribution is 6.33. The number of amides is 1. The van der Waals surface area contributed by atoms with Crippen molar-refractivity contribution in [3.8, 4) is 16.9 Å². The van der Waals surface area contributed by atoms with Crippen molar-refractivity contribution in [3.63, 3.8) is 0 Å². The predicted octanol–water partition coefficient (Wildman–Crippen LogP) is 6.45. The van der Waals surface area contributed by atoms with Gasteiger partial charge in [-0.05, 0) is 80.3 Å². The second-order valence-corrected chi connectivity index (χ2v) is 10.3. The molecule has 2 aromatic heterocycles. The zero-order valence-corrected chi connectivity index (χ0v) is 22.8. The van der Waals surface area contributed by atoms with Crippen molar-refractivity contribution < 1.29 is 32.2 Å². The highest BCUT2D eigenvalue weighted by atomic mass is 35.5. The summed E-state index contributed by atoms with van der Waals surface area (Å²) in [5.74, 6) is -1.47. The zero-order chi connectivity index (χ0) is 29.8. The van der Waals surface area contributed by atoms with Crippen LogP contribution in [-0.2, 0) is 12.6 Å². The average molecular weight is 592 g/mol. The highest BCUT2D eigenvalue weighted by Gasteiger charge is 2.34. The molecule has 41 heavy (non-hydrogen) atoms. The van der Waals surface area contributed by atoms with Crippen molar-refractivity contribution in [2.45, 2.75) is 44.9 Å². The minimum Gasteiger partial charge on any atom is -0.494 e. The van der Waals surface area contributed by atoms with Gasteiger partial charge in [0.15, 0.2) is 0 Å². The Bertz CT molecular complexity index is 1540. The molecule has 13 heteroatoms. The van der Waals surface area contributed by atoms with Crippen molar-refractivity contribution >= 4 is 23.3 Å². The van der Waals surface area contributed by atoms with Gasteiger partial charge in [0.2, 0.25) is 5.82 Å². The molecule has 1 amide bonds. The van der Waals surface area contributed by atoms with E-state index in [4.69, 9.17) is 16.3 Å². The van der Waals surface area contributed by atoms with Gasteiger partial charge in [0, 0.05) is 23.2 Å².